The maximum Gasteiger partial charge on any atom is 0.397 e. The molecule has 3 nitrogen and oxygen atoms in total. The lowest BCUT2D eigenvalue weighted by molar-refractivity contribution is -0.154. The average molecular weight is 232 g/mol. The molecule has 1 amide bonds. The Morgan fingerprint density at radius 2 is 2.25 bits per heavy atom. The van der Waals surface area contributed by atoms with Crippen LogP contribution in [0.4, 0.5) is 13.2 Å². The van der Waals surface area contributed by atoms with E-state index in [0.29, 0.717) is 5.56 Å². The quantitative estimate of drug-likeness (QED) is 0.868. The van der Waals surface area contributed by atoms with Crippen LogP contribution in [-0.4, -0.2) is 17.1 Å². The third-order valence-electron chi connectivity index (χ3n) is 1.92. The van der Waals surface area contributed by atoms with E-state index >= 15 is 0 Å². The summed E-state index contributed by atoms with van der Waals surface area (Å²) in [4.78, 5) is 14.8. The van der Waals surface area contributed by atoms with Crippen molar-refractivity contribution in [1.29, 1.82) is 0 Å². The van der Waals surface area contributed by atoms with Crippen molar-refractivity contribution in [2.24, 2.45) is 0 Å². The van der Waals surface area contributed by atoms with Gasteiger partial charge in [-0.2, -0.15) is 13.2 Å². The summed E-state index contributed by atoms with van der Waals surface area (Å²) in [7, 11) is 0. The van der Waals surface area contributed by atoms with Crippen molar-refractivity contribution in [2.45, 2.75) is 25.6 Å². The lowest BCUT2D eigenvalue weighted by atomic mass is 10.1. The second kappa shape index (κ2) is 4.96. The first kappa shape index (κ1) is 12.5. The Morgan fingerprint density at radius 1 is 1.56 bits per heavy atom. The van der Waals surface area contributed by atoms with Gasteiger partial charge in [0.05, 0.1) is 6.04 Å². The van der Waals surface area contributed by atoms with E-state index in [4.69, 9.17) is 0 Å². The summed E-state index contributed by atoms with van der Waals surface area (Å²) >= 11 is 0. The average Bonchev–Trinajstić information content (AvgIpc) is 2.16. The second-order valence-electron chi connectivity index (χ2n) is 3.37. The summed E-state index contributed by atoms with van der Waals surface area (Å²) in [6.07, 6.45) is -2.89. The van der Waals surface area contributed by atoms with Gasteiger partial charge in [-0.15, -0.1) is 0 Å². The Labute approximate surface area is 90.7 Å². The molecule has 1 atom stereocenters. The minimum atomic E-state index is -4.47. The molecule has 6 heteroatoms. The number of nitrogens with one attached hydrogen (secondary N) is 1. The minimum absolute atomic E-state index is 0.483. The van der Waals surface area contributed by atoms with Gasteiger partial charge in [-0.1, -0.05) is 6.07 Å². The van der Waals surface area contributed by atoms with Gasteiger partial charge in [-0.25, -0.2) is 0 Å². The van der Waals surface area contributed by atoms with Crippen molar-refractivity contribution in [3.8, 4) is 0 Å². The summed E-state index contributed by atoms with van der Waals surface area (Å²) < 4.78 is 35.7. The molecule has 0 bridgehead atoms. The van der Waals surface area contributed by atoms with E-state index < -0.39 is 24.5 Å². The van der Waals surface area contributed by atoms with Crippen LogP contribution in [0, 0.1) is 0 Å². The highest BCUT2D eigenvalue weighted by molar-refractivity contribution is 5.77. The number of carbonyl (C=O) groups excluding carboxylic acids is 1. The Bertz CT molecular complexity index is 351. The molecule has 0 fully saturated rings. The number of rotatable bonds is 3. The number of amides is 1. The molecule has 0 spiro atoms. The predicted octanol–water partition coefficient (Wildman–Crippen LogP) is 2.21. The molecule has 0 saturated heterocycles. The first-order chi connectivity index (χ1) is 7.38. The van der Waals surface area contributed by atoms with Gasteiger partial charge in [-0.05, 0) is 18.6 Å². The van der Waals surface area contributed by atoms with Crippen LogP contribution in [0.25, 0.3) is 0 Å². The minimum Gasteiger partial charge on any atom is -0.349 e. The predicted molar refractivity (Wildman–Crippen MR) is 51.5 cm³/mol. The van der Waals surface area contributed by atoms with E-state index in [0.717, 1.165) is 0 Å². The van der Waals surface area contributed by atoms with E-state index in [9.17, 15) is 18.0 Å². The van der Waals surface area contributed by atoms with E-state index in [1.807, 2.05) is 0 Å². The smallest absolute Gasteiger partial charge is 0.349 e. The number of pyridine rings is 1. The molecular weight excluding hydrogens is 221 g/mol. The standard InChI is InChI=1S/C10H11F3N2O/c1-7(8-3-2-4-14-6-8)15-9(16)5-10(11,12)13/h2-4,6-7H,5H2,1H3,(H,15,16)/t7-/m0/s1. The van der Waals surface area contributed by atoms with E-state index in [2.05, 4.69) is 10.3 Å². The van der Waals surface area contributed by atoms with Crippen LogP contribution in [0.5, 0.6) is 0 Å². The maximum absolute atomic E-state index is 11.9. The van der Waals surface area contributed by atoms with Crippen LogP contribution in [0.1, 0.15) is 24.9 Å². The fraction of sp³-hybridized carbons (Fsp3) is 0.400. The topological polar surface area (TPSA) is 42.0 Å². The summed E-state index contributed by atoms with van der Waals surface area (Å²) in [6.45, 7) is 1.60. The fourth-order valence-electron chi connectivity index (χ4n) is 1.19. The summed E-state index contributed by atoms with van der Waals surface area (Å²) in [5, 5.41) is 2.25. The number of aromatic nitrogens is 1. The van der Waals surface area contributed by atoms with Crippen molar-refractivity contribution >= 4 is 5.91 Å². The van der Waals surface area contributed by atoms with Crippen molar-refractivity contribution < 1.29 is 18.0 Å². The molecule has 1 aromatic rings. The van der Waals surface area contributed by atoms with Gasteiger partial charge >= 0.3 is 6.18 Å². The molecule has 1 heterocycles. The molecule has 0 saturated carbocycles. The van der Waals surface area contributed by atoms with Crippen LogP contribution in [0.3, 0.4) is 0 Å². The highest BCUT2D eigenvalue weighted by Crippen LogP contribution is 2.20. The Hall–Kier alpha value is -1.59. The molecule has 1 rings (SSSR count). The van der Waals surface area contributed by atoms with E-state index in [1.54, 1.807) is 25.3 Å². The molecule has 88 valence electrons. The third kappa shape index (κ3) is 4.29. The molecule has 0 aliphatic rings. The Morgan fingerprint density at radius 3 is 2.75 bits per heavy atom. The highest BCUT2D eigenvalue weighted by atomic mass is 19.4. The summed E-state index contributed by atoms with van der Waals surface area (Å²) in [5.41, 5.74) is 0.665. The third-order valence-corrected chi connectivity index (χ3v) is 1.92. The first-order valence-corrected chi connectivity index (χ1v) is 4.64. The molecule has 0 aliphatic carbocycles. The van der Waals surface area contributed by atoms with Gasteiger partial charge < -0.3 is 5.32 Å². The summed E-state index contributed by atoms with van der Waals surface area (Å²) in [6, 6.07) is 2.86. The maximum atomic E-state index is 11.9. The molecule has 1 N–H and O–H groups in total. The Balaban J connectivity index is 2.52. The van der Waals surface area contributed by atoms with Crippen molar-refractivity contribution in [3.05, 3.63) is 30.1 Å². The fourth-order valence-corrected chi connectivity index (χ4v) is 1.19. The normalized spacial score (nSPS) is 13.2. The van der Waals surface area contributed by atoms with Crippen molar-refractivity contribution in [3.63, 3.8) is 0 Å². The van der Waals surface area contributed by atoms with Crippen LogP contribution in [0.15, 0.2) is 24.5 Å². The monoisotopic (exact) mass is 232 g/mol. The van der Waals surface area contributed by atoms with Gasteiger partial charge in [0.2, 0.25) is 5.91 Å². The van der Waals surface area contributed by atoms with Crippen LogP contribution in [-0.2, 0) is 4.79 Å². The van der Waals surface area contributed by atoms with E-state index in [-0.39, 0.29) is 0 Å². The number of nitrogens with zero attached hydrogens (tertiary/aromatic N) is 1. The first-order valence-electron chi connectivity index (χ1n) is 4.64. The molecule has 16 heavy (non-hydrogen) atoms. The van der Waals surface area contributed by atoms with E-state index in [1.165, 1.54) is 6.20 Å². The largest absolute Gasteiger partial charge is 0.397 e. The lowest BCUT2D eigenvalue weighted by Crippen LogP contribution is -2.30. The number of hydrogen-bond donors (Lipinski definition) is 1. The number of alkyl halides is 3. The SMILES string of the molecule is C[C@H](NC(=O)CC(F)(F)F)c1cccnc1. The van der Waals surface area contributed by atoms with Crippen LogP contribution >= 0.6 is 0 Å². The molecule has 0 radical (unpaired) electrons. The lowest BCUT2D eigenvalue weighted by Gasteiger charge is -2.14. The molecule has 0 aliphatic heterocycles. The zero-order valence-corrected chi connectivity index (χ0v) is 8.58. The Kier molecular flexibility index (Phi) is 3.87. The highest BCUT2D eigenvalue weighted by Gasteiger charge is 2.31. The molecular formula is C10H11F3N2O. The zero-order valence-electron chi connectivity index (χ0n) is 8.58. The van der Waals surface area contributed by atoms with Crippen molar-refractivity contribution in [1.82, 2.24) is 10.3 Å². The second-order valence-corrected chi connectivity index (χ2v) is 3.37. The molecule has 0 unspecified atom stereocenters. The molecule has 0 aromatic carbocycles. The number of carbonyl (C=O) groups is 1. The van der Waals surface area contributed by atoms with Gasteiger partial charge in [0, 0.05) is 12.4 Å². The van der Waals surface area contributed by atoms with Crippen LogP contribution < -0.4 is 5.32 Å². The van der Waals surface area contributed by atoms with Gasteiger partial charge in [-0.3, -0.25) is 9.78 Å². The number of hydrogen-bond acceptors (Lipinski definition) is 2. The van der Waals surface area contributed by atoms with Crippen LogP contribution in [0.2, 0.25) is 0 Å². The van der Waals surface area contributed by atoms with Crippen molar-refractivity contribution in [2.75, 3.05) is 0 Å². The van der Waals surface area contributed by atoms with Gasteiger partial charge in [0.25, 0.3) is 0 Å². The van der Waals surface area contributed by atoms with Gasteiger partial charge in [0.15, 0.2) is 0 Å². The zero-order chi connectivity index (χ0) is 12.2. The molecule has 1 aromatic heterocycles. The number of halogens is 3. The summed E-state index contributed by atoms with van der Waals surface area (Å²) in [5.74, 6) is -1.04. The van der Waals surface area contributed by atoms with Gasteiger partial charge in [0.1, 0.15) is 6.42 Å².